The zero-order chi connectivity index (χ0) is 24.2. The van der Waals surface area contributed by atoms with Gasteiger partial charge in [-0.2, -0.15) is 5.10 Å². The molecular formula is C26H25FN4O3. The minimum atomic E-state index is -0.840. The summed E-state index contributed by atoms with van der Waals surface area (Å²) in [4.78, 5) is 25.3. The number of hydrazine groups is 1. The van der Waals surface area contributed by atoms with Gasteiger partial charge >= 0.3 is 0 Å². The molecule has 0 saturated heterocycles. The van der Waals surface area contributed by atoms with E-state index in [0.717, 1.165) is 10.8 Å². The van der Waals surface area contributed by atoms with Crippen molar-refractivity contribution < 1.29 is 18.7 Å². The fraction of sp³-hybridized carbons (Fsp3) is 0.192. The van der Waals surface area contributed by atoms with Gasteiger partial charge in [-0.25, -0.2) is 9.07 Å². The van der Waals surface area contributed by atoms with Crippen LogP contribution in [0.2, 0.25) is 0 Å². The van der Waals surface area contributed by atoms with Gasteiger partial charge in [0.15, 0.2) is 6.10 Å². The Morgan fingerprint density at radius 2 is 1.65 bits per heavy atom. The van der Waals surface area contributed by atoms with Crippen LogP contribution in [0.3, 0.4) is 0 Å². The van der Waals surface area contributed by atoms with Crippen molar-refractivity contribution in [3.05, 3.63) is 90.0 Å². The number of nitrogens with one attached hydrogen (secondary N) is 2. The summed E-state index contributed by atoms with van der Waals surface area (Å²) in [6, 6.07) is 19.3. The van der Waals surface area contributed by atoms with E-state index in [0.29, 0.717) is 22.7 Å². The summed E-state index contributed by atoms with van der Waals surface area (Å²) >= 11 is 0. The Hall–Kier alpha value is -4.20. The quantitative estimate of drug-likeness (QED) is 0.415. The smallest absolute Gasteiger partial charge is 0.279 e. The zero-order valence-electron chi connectivity index (χ0n) is 19.1. The number of carbonyl (C=O) groups is 2. The highest BCUT2D eigenvalue weighted by Gasteiger charge is 2.22. The zero-order valence-corrected chi connectivity index (χ0v) is 19.1. The van der Waals surface area contributed by atoms with Gasteiger partial charge < -0.3 is 4.74 Å². The molecule has 0 aliphatic heterocycles. The van der Waals surface area contributed by atoms with Gasteiger partial charge in [0.2, 0.25) is 0 Å². The topological polar surface area (TPSA) is 85.2 Å². The Morgan fingerprint density at radius 1 is 0.941 bits per heavy atom. The van der Waals surface area contributed by atoms with Gasteiger partial charge in [0, 0.05) is 0 Å². The van der Waals surface area contributed by atoms with E-state index >= 15 is 0 Å². The maximum Gasteiger partial charge on any atom is 0.279 e. The summed E-state index contributed by atoms with van der Waals surface area (Å²) < 4.78 is 20.6. The molecular weight excluding hydrogens is 435 g/mol. The Kier molecular flexibility index (Phi) is 6.58. The fourth-order valence-corrected chi connectivity index (χ4v) is 3.66. The van der Waals surface area contributed by atoms with Gasteiger partial charge in [0.05, 0.1) is 23.1 Å². The van der Waals surface area contributed by atoms with Crippen molar-refractivity contribution in [3.63, 3.8) is 0 Å². The first-order chi connectivity index (χ1) is 16.3. The second kappa shape index (κ2) is 9.74. The molecule has 0 radical (unpaired) electrons. The Labute approximate surface area is 196 Å². The molecule has 7 nitrogen and oxygen atoms in total. The van der Waals surface area contributed by atoms with Gasteiger partial charge in [0.25, 0.3) is 11.8 Å². The molecule has 0 fully saturated rings. The maximum absolute atomic E-state index is 13.3. The predicted octanol–water partition coefficient (Wildman–Crippen LogP) is 4.52. The van der Waals surface area contributed by atoms with Crippen molar-refractivity contribution >= 4 is 22.6 Å². The molecule has 8 heteroatoms. The Bertz CT molecular complexity index is 1330. The van der Waals surface area contributed by atoms with Crippen LogP contribution in [-0.2, 0) is 4.79 Å². The maximum atomic E-state index is 13.3. The second-order valence-electron chi connectivity index (χ2n) is 8.20. The minimum Gasteiger partial charge on any atom is -0.481 e. The Balaban J connectivity index is 1.42. The van der Waals surface area contributed by atoms with Crippen molar-refractivity contribution in [2.75, 3.05) is 0 Å². The van der Waals surface area contributed by atoms with E-state index < -0.39 is 17.9 Å². The van der Waals surface area contributed by atoms with Gasteiger partial charge in [-0.05, 0) is 60.0 Å². The number of rotatable bonds is 6. The van der Waals surface area contributed by atoms with E-state index in [9.17, 15) is 14.0 Å². The molecule has 0 spiro atoms. The molecule has 0 aliphatic carbocycles. The summed E-state index contributed by atoms with van der Waals surface area (Å²) in [6.45, 7) is 5.44. The van der Waals surface area contributed by atoms with Crippen LogP contribution >= 0.6 is 0 Å². The van der Waals surface area contributed by atoms with E-state index in [1.54, 1.807) is 29.8 Å². The molecule has 0 saturated carbocycles. The first-order valence-corrected chi connectivity index (χ1v) is 10.9. The molecule has 2 amide bonds. The number of carbonyl (C=O) groups excluding carboxylic acids is 2. The van der Waals surface area contributed by atoms with E-state index in [2.05, 4.69) is 16.0 Å². The van der Waals surface area contributed by atoms with Crippen LogP contribution in [-0.4, -0.2) is 27.7 Å². The molecule has 1 aromatic heterocycles. The highest BCUT2D eigenvalue weighted by atomic mass is 19.1. The SMILES string of the molecule is CC(Oc1ccc2ccccc2c1)C(=O)NNC(=O)c1cnn(-c2ccc(F)cc2)c1C(C)C. The molecule has 3 aromatic carbocycles. The predicted molar refractivity (Wildman–Crippen MR) is 127 cm³/mol. The lowest BCUT2D eigenvalue weighted by Crippen LogP contribution is -2.47. The van der Waals surface area contributed by atoms with Gasteiger partial charge in [-0.1, -0.05) is 44.2 Å². The van der Waals surface area contributed by atoms with Crippen LogP contribution in [0, 0.1) is 5.82 Å². The number of benzene rings is 3. The van der Waals surface area contributed by atoms with E-state index in [4.69, 9.17) is 4.74 Å². The number of hydrogen-bond acceptors (Lipinski definition) is 4. The number of aromatic nitrogens is 2. The molecule has 0 aliphatic rings. The van der Waals surface area contributed by atoms with Gasteiger partial charge in [0.1, 0.15) is 11.6 Å². The number of nitrogens with zero attached hydrogens (tertiary/aromatic N) is 2. The molecule has 1 unspecified atom stereocenters. The summed E-state index contributed by atoms with van der Waals surface area (Å²) in [5.41, 5.74) is 6.42. The van der Waals surface area contributed by atoms with Crippen molar-refractivity contribution in [2.45, 2.75) is 32.8 Å². The molecule has 1 heterocycles. The van der Waals surface area contributed by atoms with Crippen LogP contribution in [0.15, 0.2) is 72.9 Å². The van der Waals surface area contributed by atoms with Crippen LogP contribution < -0.4 is 15.6 Å². The van der Waals surface area contributed by atoms with Crippen molar-refractivity contribution in [1.29, 1.82) is 0 Å². The number of hydrogen-bond donors (Lipinski definition) is 2. The normalized spacial score (nSPS) is 11.9. The molecule has 34 heavy (non-hydrogen) atoms. The summed E-state index contributed by atoms with van der Waals surface area (Å²) in [5, 5.41) is 6.37. The molecule has 0 bridgehead atoms. The third-order valence-corrected chi connectivity index (χ3v) is 5.37. The van der Waals surface area contributed by atoms with Crippen molar-refractivity contribution in [1.82, 2.24) is 20.6 Å². The van der Waals surface area contributed by atoms with Crippen LogP contribution in [0.4, 0.5) is 4.39 Å². The van der Waals surface area contributed by atoms with Crippen LogP contribution in [0.5, 0.6) is 5.75 Å². The van der Waals surface area contributed by atoms with E-state index in [1.807, 2.05) is 50.2 Å². The van der Waals surface area contributed by atoms with Crippen LogP contribution in [0.1, 0.15) is 42.7 Å². The third-order valence-electron chi connectivity index (χ3n) is 5.37. The standard InChI is InChI=1S/C26H25FN4O3/c1-16(2)24-23(15-28-31(24)21-11-9-20(27)10-12-21)26(33)30-29-25(32)17(3)34-22-13-8-18-6-4-5-7-19(18)14-22/h4-17H,1-3H3,(H,29,32)(H,30,33). The van der Waals surface area contributed by atoms with Crippen molar-refractivity contribution in [2.24, 2.45) is 0 Å². The van der Waals surface area contributed by atoms with Crippen molar-refractivity contribution in [3.8, 4) is 11.4 Å². The lowest BCUT2D eigenvalue weighted by atomic mass is 10.1. The highest BCUT2D eigenvalue weighted by Crippen LogP contribution is 2.24. The lowest BCUT2D eigenvalue weighted by Gasteiger charge is -2.16. The van der Waals surface area contributed by atoms with Gasteiger partial charge in [-0.15, -0.1) is 0 Å². The Morgan fingerprint density at radius 3 is 2.35 bits per heavy atom. The lowest BCUT2D eigenvalue weighted by molar-refractivity contribution is -0.128. The molecule has 4 aromatic rings. The third kappa shape index (κ3) is 4.91. The average Bonchev–Trinajstić information content (AvgIpc) is 3.28. The first kappa shape index (κ1) is 23.0. The molecule has 4 rings (SSSR count). The number of amides is 2. The fourth-order valence-electron chi connectivity index (χ4n) is 3.66. The van der Waals surface area contributed by atoms with Crippen LogP contribution in [0.25, 0.3) is 16.5 Å². The van der Waals surface area contributed by atoms with E-state index in [-0.39, 0.29) is 11.7 Å². The minimum absolute atomic E-state index is 0.0563. The summed E-state index contributed by atoms with van der Waals surface area (Å²) in [5.74, 6) is -0.876. The molecule has 174 valence electrons. The van der Waals surface area contributed by atoms with E-state index in [1.165, 1.54) is 18.3 Å². The monoisotopic (exact) mass is 460 g/mol. The largest absolute Gasteiger partial charge is 0.481 e. The number of fused-ring (bicyclic) bond motifs is 1. The van der Waals surface area contributed by atoms with Gasteiger partial charge in [-0.3, -0.25) is 20.4 Å². The highest BCUT2D eigenvalue weighted by molar-refractivity contribution is 5.97. The first-order valence-electron chi connectivity index (χ1n) is 10.9. The summed E-state index contributed by atoms with van der Waals surface area (Å²) in [7, 11) is 0. The number of halogens is 1. The average molecular weight is 461 g/mol. The molecule has 1 atom stereocenters. The second-order valence-corrected chi connectivity index (χ2v) is 8.20. The number of ether oxygens (including phenoxy) is 1. The molecule has 2 N–H and O–H groups in total. The summed E-state index contributed by atoms with van der Waals surface area (Å²) in [6.07, 6.45) is 0.586.